The van der Waals surface area contributed by atoms with E-state index in [1.54, 1.807) is 0 Å². The first-order valence-electron chi connectivity index (χ1n) is 5.11. The van der Waals surface area contributed by atoms with E-state index < -0.39 is 28.5 Å². The largest absolute Gasteiger partial charge is 0.480 e. The van der Waals surface area contributed by atoms with Gasteiger partial charge in [-0.25, -0.2) is 18.4 Å². The Morgan fingerprint density at radius 2 is 2.16 bits per heavy atom. The molecule has 0 spiro atoms. The van der Waals surface area contributed by atoms with Gasteiger partial charge in [-0.3, -0.25) is 4.79 Å². The summed E-state index contributed by atoms with van der Waals surface area (Å²) in [5.41, 5.74) is 0.202. The maximum absolute atomic E-state index is 11.3. The third kappa shape index (κ3) is 2.83. The first-order valence-corrected chi connectivity index (χ1v) is 6.66. The summed E-state index contributed by atoms with van der Waals surface area (Å²) in [5, 5.41) is 13.8. The summed E-state index contributed by atoms with van der Waals surface area (Å²) < 4.78 is 27.4. The molecule has 9 heteroatoms. The molecule has 0 aliphatic carbocycles. The van der Waals surface area contributed by atoms with Crippen molar-refractivity contribution in [2.75, 3.05) is 18.0 Å². The number of anilines is 1. The van der Waals surface area contributed by atoms with Crippen molar-refractivity contribution in [1.82, 2.24) is 0 Å². The molecule has 0 atom stereocenters. The molecule has 0 aromatic heterocycles. The Hall–Kier alpha value is -2.13. The molecular weight excluding hydrogens is 276 g/mol. The molecule has 0 radical (unpaired) electrons. The number of rotatable bonds is 3. The summed E-state index contributed by atoms with van der Waals surface area (Å²) >= 11 is 0. The predicted octanol–water partition coefficient (Wildman–Crippen LogP) is -0.856. The first-order chi connectivity index (χ1) is 8.77. The second kappa shape index (κ2) is 4.52. The molecule has 1 aromatic carbocycles. The van der Waals surface area contributed by atoms with E-state index in [4.69, 9.17) is 15.0 Å². The van der Waals surface area contributed by atoms with Crippen LogP contribution in [0.15, 0.2) is 23.1 Å². The van der Waals surface area contributed by atoms with Crippen LogP contribution in [-0.4, -0.2) is 38.6 Å². The number of fused-ring (bicyclic) bond motifs is 1. The van der Waals surface area contributed by atoms with E-state index in [1.807, 2.05) is 0 Å². The molecule has 1 heterocycles. The Kier molecular flexibility index (Phi) is 3.16. The van der Waals surface area contributed by atoms with E-state index >= 15 is 0 Å². The molecule has 0 saturated heterocycles. The van der Waals surface area contributed by atoms with Crippen LogP contribution in [0, 0.1) is 0 Å². The van der Waals surface area contributed by atoms with E-state index in [0.717, 1.165) is 0 Å². The molecule has 0 fully saturated rings. The van der Waals surface area contributed by atoms with Crippen LogP contribution in [0.2, 0.25) is 0 Å². The van der Waals surface area contributed by atoms with Crippen LogP contribution >= 0.6 is 0 Å². The van der Waals surface area contributed by atoms with Crippen molar-refractivity contribution in [3.63, 3.8) is 0 Å². The van der Waals surface area contributed by atoms with E-state index in [-0.39, 0.29) is 22.9 Å². The molecule has 0 bridgehead atoms. The zero-order valence-electron chi connectivity index (χ0n) is 9.57. The lowest BCUT2D eigenvalue weighted by Crippen LogP contribution is -2.40. The van der Waals surface area contributed by atoms with Gasteiger partial charge in [-0.15, -0.1) is 0 Å². The van der Waals surface area contributed by atoms with Crippen molar-refractivity contribution in [2.45, 2.75) is 4.90 Å². The minimum Gasteiger partial charge on any atom is -0.480 e. The molecule has 102 valence electrons. The van der Waals surface area contributed by atoms with Crippen LogP contribution in [0.1, 0.15) is 0 Å². The fourth-order valence-corrected chi connectivity index (χ4v) is 2.24. The molecule has 19 heavy (non-hydrogen) atoms. The van der Waals surface area contributed by atoms with Gasteiger partial charge in [0.1, 0.15) is 13.1 Å². The SMILES string of the molecule is NS(=O)(=O)c1ccc2c(c1)N(CC(=O)O)CC(=O)O2. The van der Waals surface area contributed by atoms with Gasteiger partial charge in [-0.05, 0) is 18.2 Å². The van der Waals surface area contributed by atoms with E-state index in [9.17, 15) is 18.0 Å². The molecule has 1 aromatic rings. The highest BCUT2D eigenvalue weighted by Gasteiger charge is 2.27. The van der Waals surface area contributed by atoms with Gasteiger partial charge in [0, 0.05) is 0 Å². The van der Waals surface area contributed by atoms with Gasteiger partial charge in [0.2, 0.25) is 10.0 Å². The Balaban J connectivity index is 2.50. The van der Waals surface area contributed by atoms with Crippen molar-refractivity contribution in [3.8, 4) is 5.75 Å². The monoisotopic (exact) mass is 286 g/mol. The number of benzene rings is 1. The average Bonchev–Trinajstić information content (AvgIpc) is 2.26. The maximum atomic E-state index is 11.3. The lowest BCUT2D eigenvalue weighted by atomic mass is 10.2. The second-order valence-electron chi connectivity index (χ2n) is 3.90. The van der Waals surface area contributed by atoms with Crippen molar-refractivity contribution < 1.29 is 27.9 Å². The van der Waals surface area contributed by atoms with Crippen molar-refractivity contribution in [2.24, 2.45) is 5.14 Å². The number of carbonyl (C=O) groups excluding carboxylic acids is 1. The molecular formula is C10H10N2O6S. The third-order valence-corrected chi connectivity index (χ3v) is 3.38. The summed E-state index contributed by atoms with van der Waals surface area (Å²) in [6, 6.07) is 3.63. The third-order valence-electron chi connectivity index (χ3n) is 2.47. The zero-order chi connectivity index (χ0) is 14.2. The molecule has 0 unspecified atom stereocenters. The summed E-state index contributed by atoms with van der Waals surface area (Å²) in [6.07, 6.45) is 0. The van der Waals surface area contributed by atoms with Crippen molar-refractivity contribution >= 4 is 27.6 Å². The fraction of sp³-hybridized carbons (Fsp3) is 0.200. The quantitative estimate of drug-likeness (QED) is 0.547. The van der Waals surface area contributed by atoms with Crippen molar-refractivity contribution in [3.05, 3.63) is 18.2 Å². The lowest BCUT2D eigenvalue weighted by molar-refractivity contribution is -0.136. The van der Waals surface area contributed by atoms with Crippen LogP contribution in [0.3, 0.4) is 0 Å². The number of hydrogen-bond donors (Lipinski definition) is 2. The number of nitrogens with two attached hydrogens (primary N) is 1. The number of primary sulfonamides is 1. The van der Waals surface area contributed by atoms with Crippen LogP contribution in [-0.2, 0) is 19.6 Å². The highest BCUT2D eigenvalue weighted by molar-refractivity contribution is 7.89. The second-order valence-corrected chi connectivity index (χ2v) is 5.46. The number of aliphatic carboxylic acids is 1. The molecule has 1 aliphatic rings. The molecule has 2 rings (SSSR count). The molecule has 0 amide bonds. The van der Waals surface area contributed by atoms with E-state index in [0.29, 0.717) is 0 Å². The summed E-state index contributed by atoms with van der Waals surface area (Å²) in [7, 11) is -3.92. The van der Waals surface area contributed by atoms with Gasteiger partial charge >= 0.3 is 11.9 Å². The van der Waals surface area contributed by atoms with Gasteiger partial charge in [-0.2, -0.15) is 0 Å². The number of carbonyl (C=O) groups is 2. The Labute approximate surface area is 108 Å². The zero-order valence-corrected chi connectivity index (χ0v) is 10.4. The highest BCUT2D eigenvalue weighted by Crippen LogP contribution is 2.33. The van der Waals surface area contributed by atoms with Crippen LogP contribution < -0.4 is 14.8 Å². The van der Waals surface area contributed by atoms with Crippen LogP contribution in [0.25, 0.3) is 0 Å². The van der Waals surface area contributed by atoms with E-state index in [2.05, 4.69) is 0 Å². The van der Waals surface area contributed by atoms with Gasteiger partial charge < -0.3 is 14.7 Å². The number of sulfonamides is 1. The lowest BCUT2D eigenvalue weighted by Gasteiger charge is -2.28. The first kappa shape index (κ1) is 13.3. The van der Waals surface area contributed by atoms with Gasteiger partial charge in [0.05, 0.1) is 10.6 Å². The topological polar surface area (TPSA) is 127 Å². The highest BCUT2D eigenvalue weighted by atomic mass is 32.2. The smallest absolute Gasteiger partial charge is 0.331 e. The van der Waals surface area contributed by atoms with Crippen LogP contribution in [0.5, 0.6) is 5.75 Å². The fourth-order valence-electron chi connectivity index (χ4n) is 1.71. The van der Waals surface area contributed by atoms with Gasteiger partial charge in [0.25, 0.3) is 0 Å². The van der Waals surface area contributed by atoms with E-state index in [1.165, 1.54) is 23.1 Å². The number of carboxylic acids is 1. The Morgan fingerprint density at radius 1 is 1.47 bits per heavy atom. The summed E-state index contributed by atoms with van der Waals surface area (Å²) in [6.45, 7) is -0.719. The molecule has 8 nitrogen and oxygen atoms in total. The summed E-state index contributed by atoms with van der Waals surface area (Å²) in [5.74, 6) is -1.66. The number of esters is 1. The van der Waals surface area contributed by atoms with Crippen LogP contribution in [0.4, 0.5) is 5.69 Å². The normalized spacial score (nSPS) is 14.8. The van der Waals surface area contributed by atoms with Gasteiger partial charge in [0.15, 0.2) is 5.75 Å². The minimum atomic E-state index is -3.92. The number of nitrogens with zero attached hydrogens (tertiary/aromatic N) is 1. The summed E-state index contributed by atoms with van der Waals surface area (Å²) in [4.78, 5) is 23.1. The predicted molar refractivity (Wildman–Crippen MR) is 63.3 cm³/mol. The molecule has 0 saturated carbocycles. The number of hydrogen-bond acceptors (Lipinski definition) is 6. The number of ether oxygens (including phenoxy) is 1. The maximum Gasteiger partial charge on any atom is 0.331 e. The average molecular weight is 286 g/mol. The van der Waals surface area contributed by atoms with Gasteiger partial charge in [-0.1, -0.05) is 0 Å². The number of carboxylic acid groups (broad SMARTS) is 1. The standard InChI is InChI=1S/C10H10N2O6S/c11-19(16,17)6-1-2-8-7(3-6)12(4-9(13)14)5-10(15)18-8/h1-3H,4-5H2,(H,13,14)(H2,11,16,17). The molecule has 1 aliphatic heterocycles. The molecule has 3 N–H and O–H groups in total. The minimum absolute atomic E-state index is 0.102. The van der Waals surface area contributed by atoms with Crippen molar-refractivity contribution in [1.29, 1.82) is 0 Å². The Morgan fingerprint density at radius 3 is 2.74 bits per heavy atom. The Bertz CT molecular complexity index is 654.